The van der Waals surface area contributed by atoms with Crippen molar-refractivity contribution < 1.29 is 29.6 Å². The Morgan fingerprint density at radius 2 is 2.07 bits per heavy atom. The topological polar surface area (TPSA) is 122 Å². The van der Waals surface area contributed by atoms with Crippen LogP contribution in [0.25, 0.3) is 0 Å². The van der Waals surface area contributed by atoms with E-state index in [0.29, 0.717) is 0 Å². The van der Waals surface area contributed by atoms with Gasteiger partial charge in [0.2, 0.25) is 6.29 Å². The van der Waals surface area contributed by atoms with Gasteiger partial charge in [-0.05, 0) is 0 Å². The maximum Gasteiger partial charge on any atom is 0.304 e. The summed E-state index contributed by atoms with van der Waals surface area (Å²) in [6.07, 6.45) is -4.76. The predicted molar refractivity (Wildman–Crippen MR) is 47.5 cm³/mol. The Balaban J connectivity index is 2.69. The van der Waals surface area contributed by atoms with E-state index in [9.17, 15) is 15.0 Å². The van der Waals surface area contributed by atoms with Crippen LogP contribution in [0.5, 0.6) is 0 Å². The Kier molecular flexibility index (Phi) is 4.00. The first-order valence-corrected chi connectivity index (χ1v) is 4.52. The molecule has 1 saturated heterocycles. The number of esters is 1. The number of rotatable bonds is 2. The van der Waals surface area contributed by atoms with Crippen molar-refractivity contribution in [3.8, 4) is 0 Å². The van der Waals surface area contributed by atoms with Crippen LogP contribution in [-0.2, 0) is 14.3 Å². The number of carbonyl (C=O) groups is 1. The minimum absolute atomic E-state index is 0.497. The lowest BCUT2D eigenvalue weighted by atomic mass is 9.98. The lowest BCUT2D eigenvalue weighted by molar-refractivity contribution is -0.258. The molecule has 0 radical (unpaired) electrons. The maximum absolute atomic E-state index is 10.7. The molecular weight excluding hydrogens is 206 g/mol. The van der Waals surface area contributed by atoms with E-state index in [1.54, 1.807) is 0 Å². The lowest BCUT2D eigenvalue weighted by Crippen LogP contribution is -2.62. The summed E-state index contributed by atoms with van der Waals surface area (Å²) in [5, 5.41) is 27.7. The third kappa shape index (κ3) is 2.64. The molecule has 88 valence electrons. The summed E-state index contributed by atoms with van der Waals surface area (Å²) in [5.41, 5.74) is 5.48. The van der Waals surface area contributed by atoms with Crippen molar-refractivity contribution >= 4 is 5.97 Å². The first kappa shape index (κ1) is 12.3. The van der Waals surface area contributed by atoms with Gasteiger partial charge in [0.1, 0.15) is 18.3 Å². The number of aliphatic hydroxyl groups excluding tert-OH is 3. The quantitative estimate of drug-likeness (QED) is 0.375. The highest BCUT2D eigenvalue weighted by molar-refractivity contribution is 5.66. The van der Waals surface area contributed by atoms with Crippen LogP contribution in [0.4, 0.5) is 0 Å². The van der Waals surface area contributed by atoms with E-state index in [1.807, 2.05) is 0 Å². The summed E-state index contributed by atoms with van der Waals surface area (Å²) in [6.45, 7) is 0.671. The number of ether oxygens (including phenoxy) is 2. The van der Waals surface area contributed by atoms with Crippen LogP contribution in [-0.4, -0.2) is 58.5 Å². The highest BCUT2D eigenvalue weighted by Gasteiger charge is 2.43. The van der Waals surface area contributed by atoms with Crippen molar-refractivity contribution in [2.45, 2.75) is 37.6 Å². The molecule has 1 fully saturated rings. The molecule has 0 unspecified atom stereocenters. The number of hydrogen-bond donors (Lipinski definition) is 4. The van der Waals surface area contributed by atoms with Crippen LogP contribution in [0.1, 0.15) is 6.92 Å². The van der Waals surface area contributed by atoms with Crippen molar-refractivity contribution in [1.29, 1.82) is 0 Å². The molecule has 0 saturated carbocycles. The minimum Gasteiger partial charge on any atom is -0.434 e. The normalized spacial score (nSPS) is 41.3. The van der Waals surface area contributed by atoms with E-state index in [-0.39, 0.29) is 0 Å². The Morgan fingerprint density at radius 1 is 1.47 bits per heavy atom. The average Bonchev–Trinajstić information content (AvgIpc) is 2.18. The van der Waals surface area contributed by atoms with Crippen LogP contribution in [0.2, 0.25) is 0 Å². The van der Waals surface area contributed by atoms with Crippen LogP contribution < -0.4 is 5.73 Å². The molecule has 0 amide bonds. The van der Waals surface area contributed by atoms with Gasteiger partial charge in [-0.25, -0.2) is 0 Å². The summed E-state index contributed by atoms with van der Waals surface area (Å²) in [5.74, 6) is -0.615. The second-order valence-corrected chi connectivity index (χ2v) is 3.39. The molecule has 0 aromatic rings. The summed E-state index contributed by atoms with van der Waals surface area (Å²) >= 11 is 0. The Labute approximate surface area is 86.4 Å². The van der Waals surface area contributed by atoms with E-state index in [0.717, 1.165) is 0 Å². The van der Waals surface area contributed by atoms with Crippen molar-refractivity contribution in [1.82, 2.24) is 0 Å². The second kappa shape index (κ2) is 4.86. The zero-order valence-electron chi connectivity index (χ0n) is 8.24. The summed E-state index contributed by atoms with van der Waals surface area (Å²) in [4.78, 5) is 10.7. The van der Waals surface area contributed by atoms with E-state index in [2.05, 4.69) is 4.74 Å². The zero-order valence-corrected chi connectivity index (χ0v) is 8.24. The van der Waals surface area contributed by atoms with Gasteiger partial charge in [0, 0.05) is 6.92 Å². The molecule has 5 atom stereocenters. The molecule has 0 bridgehead atoms. The molecule has 7 heteroatoms. The van der Waals surface area contributed by atoms with Gasteiger partial charge in [-0.15, -0.1) is 0 Å². The van der Waals surface area contributed by atoms with E-state index in [1.165, 1.54) is 6.92 Å². The van der Waals surface area contributed by atoms with Gasteiger partial charge < -0.3 is 30.5 Å². The van der Waals surface area contributed by atoms with E-state index in [4.69, 9.17) is 15.6 Å². The molecule has 0 aromatic carbocycles. The fraction of sp³-hybridized carbons (Fsp3) is 0.875. The van der Waals surface area contributed by atoms with E-state index >= 15 is 0 Å². The molecule has 1 heterocycles. The van der Waals surface area contributed by atoms with Crippen LogP contribution in [0.3, 0.4) is 0 Å². The van der Waals surface area contributed by atoms with Gasteiger partial charge in [-0.3, -0.25) is 4.79 Å². The van der Waals surface area contributed by atoms with Crippen molar-refractivity contribution in [2.24, 2.45) is 5.73 Å². The summed E-state index contributed by atoms with van der Waals surface area (Å²) in [6, 6.07) is -1.04. The minimum atomic E-state index is -1.31. The molecule has 0 aliphatic carbocycles. The molecule has 0 aromatic heterocycles. The number of hydrogen-bond acceptors (Lipinski definition) is 7. The van der Waals surface area contributed by atoms with Crippen LogP contribution in [0.15, 0.2) is 0 Å². The third-order valence-electron chi connectivity index (χ3n) is 2.21. The van der Waals surface area contributed by atoms with Gasteiger partial charge in [-0.1, -0.05) is 0 Å². The molecule has 0 spiro atoms. The van der Waals surface area contributed by atoms with Crippen molar-refractivity contribution in [3.63, 3.8) is 0 Å². The summed E-state index contributed by atoms with van der Waals surface area (Å²) in [7, 11) is 0. The number of aliphatic hydroxyl groups is 3. The third-order valence-corrected chi connectivity index (χ3v) is 2.21. The van der Waals surface area contributed by atoms with Gasteiger partial charge in [-0.2, -0.15) is 0 Å². The molecule has 7 nitrogen and oxygen atoms in total. The highest BCUT2D eigenvalue weighted by Crippen LogP contribution is 2.20. The van der Waals surface area contributed by atoms with E-state index < -0.39 is 43.2 Å². The lowest BCUT2D eigenvalue weighted by Gasteiger charge is -2.39. The first-order valence-electron chi connectivity index (χ1n) is 4.52. The molecule has 5 N–H and O–H groups in total. The fourth-order valence-electron chi connectivity index (χ4n) is 1.37. The smallest absolute Gasteiger partial charge is 0.304 e. The molecule has 15 heavy (non-hydrogen) atoms. The standard InChI is InChI=1S/C8H15NO6/c1-3(11)14-8-5(9)7(13)6(12)4(2-10)15-8/h4-8,10,12-13H,2,9H2,1H3/t4-,5+,6-,7-,8-/m1/s1. The average molecular weight is 221 g/mol. The number of nitrogens with two attached hydrogens (primary N) is 1. The van der Waals surface area contributed by atoms with Gasteiger partial charge in [0.15, 0.2) is 0 Å². The highest BCUT2D eigenvalue weighted by atomic mass is 16.7. The van der Waals surface area contributed by atoms with Crippen LogP contribution in [0, 0.1) is 0 Å². The molecular formula is C8H15NO6. The fourth-order valence-corrected chi connectivity index (χ4v) is 1.37. The summed E-state index contributed by atoms with van der Waals surface area (Å²) < 4.78 is 9.70. The van der Waals surface area contributed by atoms with Gasteiger partial charge >= 0.3 is 5.97 Å². The van der Waals surface area contributed by atoms with Gasteiger partial charge in [0.25, 0.3) is 0 Å². The molecule has 1 aliphatic heterocycles. The SMILES string of the molecule is CC(=O)O[C@@H]1O[C@H](CO)[C@@H](O)[C@H](O)[C@@H]1N. The van der Waals surface area contributed by atoms with Crippen LogP contribution >= 0.6 is 0 Å². The number of carbonyl (C=O) groups excluding carboxylic acids is 1. The van der Waals surface area contributed by atoms with Crippen molar-refractivity contribution in [3.05, 3.63) is 0 Å². The maximum atomic E-state index is 10.7. The predicted octanol–water partition coefficient (Wildman–Crippen LogP) is -2.68. The second-order valence-electron chi connectivity index (χ2n) is 3.39. The molecule has 1 aliphatic rings. The first-order chi connectivity index (χ1) is 6.97. The Bertz CT molecular complexity index is 233. The zero-order chi connectivity index (χ0) is 11.6. The Morgan fingerprint density at radius 3 is 2.53 bits per heavy atom. The van der Waals surface area contributed by atoms with Gasteiger partial charge in [0.05, 0.1) is 12.6 Å². The molecule has 1 rings (SSSR count). The Hall–Kier alpha value is -0.730. The van der Waals surface area contributed by atoms with Crippen molar-refractivity contribution in [2.75, 3.05) is 6.61 Å². The largest absolute Gasteiger partial charge is 0.434 e. The monoisotopic (exact) mass is 221 g/mol.